The van der Waals surface area contributed by atoms with E-state index < -0.39 is 0 Å². The van der Waals surface area contributed by atoms with Crippen LogP contribution < -0.4 is 4.90 Å². The molecule has 0 aliphatic carbocycles. The van der Waals surface area contributed by atoms with Crippen LogP contribution in [0.2, 0.25) is 0 Å². The molecule has 0 amide bonds. The van der Waals surface area contributed by atoms with Gasteiger partial charge in [0.1, 0.15) is 11.2 Å². The third-order valence-corrected chi connectivity index (χ3v) is 10.1. The second kappa shape index (κ2) is 11.5. The molecule has 0 aliphatic rings. The van der Waals surface area contributed by atoms with Gasteiger partial charge in [-0.25, -0.2) is 0 Å². The minimum absolute atomic E-state index is 0.911. The summed E-state index contributed by atoms with van der Waals surface area (Å²) in [7, 11) is 0. The van der Waals surface area contributed by atoms with E-state index in [1.807, 2.05) is 12.1 Å². The van der Waals surface area contributed by atoms with Gasteiger partial charge in [0.25, 0.3) is 0 Å². The van der Waals surface area contributed by atoms with E-state index in [1.54, 1.807) is 0 Å². The lowest BCUT2D eigenvalue weighted by Gasteiger charge is -2.27. The highest BCUT2D eigenvalue weighted by Crippen LogP contribution is 2.42. The lowest BCUT2D eigenvalue weighted by molar-refractivity contribution is 0.670. The highest BCUT2D eigenvalue weighted by molar-refractivity contribution is 6.10. The first-order chi connectivity index (χ1) is 24.8. The highest BCUT2D eigenvalue weighted by atomic mass is 16.3. The quantitative estimate of drug-likeness (QED) is 0.175. The zero-order valence-electron chi connectivity index (χ0n) is 27.3. The summed E-state index contributed by atoms with van der Waals surface area (Å²) in [4.78, 5) is 2.37. The first-order valence-electron chi connectivity index (χ1n) is 17.1. The average Bonchev–Trinajstić information content (AvgIpc) is 3.57. The SMILES string of the molecule is c1ccc2c(N(c3ccc(-c4ccc5c(ccc6ccccc65)c4)cc3)c3ccc(-c4cccc5c4oc4ccccc45)cc3)cccc2c1. The minimum atomic E-state index is 0.911. The summed E-state index contributed by atoms with van der Waals surface area (Å²) < 4.78 is 6.38. The fourth-order valence-electron chi connectivity index (χ4n) is 7.59. The third-order valence-electron chi connectivity index (χ3n) is 10.1. The van der Waals surface area contributed by atoms with Crippen LogP contribution in [0.5, 0.6) is 0 Å². The molecule has 9 aromatic carbocycles. The van der Waals surface area contributed by atoms with Gasteiger partial charge in [-0.05, 0) is 86.1 Å². The summed E-state index contributed by atoms with van der Waals surface area (Å²) in [5, 5.41) is 9.79. The van der Waals surface area contributed by atoms with E-state index in [0.29, 0.717) is 0 Å². The molecule has 0 saturated carbocycles. The van der Waals surface area contributed by atoms with Gasteiger partial charge in [0.15, 0.2) is 0 Å². The van der Waals surface area contributed by atoms with Crippen molar-refractivity contribution in [2.75, 3.05) is 4.90 Å². The van der Waals surface area contributed by atoms with Crippen LogP contribution in [0.4, 0.5) is 17.1 Å². The van der Waals surface area contributed by atoms with Crippen molar-refractivity contribution in [1.29, 1.82) is 0 Å². The molecule has 0 aliphatic heterocycles. The summed E-state index contributed by atoms with van der Waals surface area (Å²) in [5.41, 5.74) is 9.78. The van der Waals surface area contributed by atoms with Crippen LogP contribution in [0, 0.1) is 0 Å². The van der Waals surface area contributed by atoms with Crippen molar-refractivity contribution in [2.45, 2.75) is 0 Å². The monoisotopic (exact) mass is 637 g/mol. The van der Waals surface area contributed by atoms with E-state index in [9.17, 15) is 0 Å². The molecule has 1 heterocycles. The molecule has 10 rings (SSSR count). The van der Waals surface area contributed by atoms with Crippen molar-refractivity contribution < 1.29 is 4.42 Å². The Hall–Kier alpha value is -6.64. The molecular weight excluding hydrogens is 607 g/mol. The van der Waals surface area contributed by atoms with Crippen molar-refractivity contribution >= 4 is 71.3 Å². The number of fused-ring (bicyclic) bond motifs is 7. The predicted molar refractivity (Wildman–Crippen MR) is 212 cm³/mol. The van der Waals surface area contributed by atoms with Gasteiger partial charge in [0, 0.05) is 33.1 Å². The molecule has 234 valence electrons. The van der Waals surface area contributed by atoms with Crippen molar-refractivity contribution in [1.82, 2.24) is 0 Å². The first kappa shape index (κ1) is 28.4. The molecule has 50 heavy (non-hydrogen) atoms. The van der Waals surface area contributed by atoms with E-state index in [1.165, 1.54) is 43.4 Å². The predicted octanol–water partition coefficient (Wildman–Crippen LogP) is 13.8. The van der Waals surface area contributed by atoms with Gasteiger partial charge in [-0.15, -0.1) is 0 Å². The standard InChI is InChI=1S/C48H31NO/c1-3-12-40-34(10-1)19-20-37-31-36(25-30-41(37)40)32-21-26-38(27-22-32)49(46-17-7-11-33-9-2-4-13-42(33)46)39-28-23-35(24-29-39)43-15-8-16-45-44-14-5-6-18-47(44)50-48(43)45/h1-31H. The van der Waals surface area contributed by atoms with Crippen molar-refractivity contribution in [3.05, 3.63) is 188 Å². The minimum Gasteiger partial charge on any atom is -0.455 e. The molecule has 0 fully saturated rings. The average molecular weight is 638 g/mol. The van der Waals surface area contributed by atoms with Crippen LogP contribution in [0.3, 0.4) is 0 Å². The maximum absolute atomic E-state index is 6.38. The Morgan fingerprint density at radius 3 is 1.70 bits per heavy atom. The van der Waals surface area contributed by atoms with Crippen LogP contribution in [0.15, 0.2) is 192 Å². The maximum atomic E-state index is 6.38. The number of hydrogen-bond acceptors (Lipinski definition) is 2. The van der Waals surface area contributed by atoms with Crippen LogP contribution in [-0.2, 0) is 0 Å². The molecule has 0 spiro atoms. The van der Waals surface area contributed by atoms with Gasteiger partial charge in [-0.1, -0.05) is 146 Å². The fourth-order valence-corrected chi connectivity index (χ4v) is 7.59. The Kier molecular flexibility index (Phi) is 6.53. The van der Waals surface area contributed by atoms with Crippen LogP contribution in [0.25, 0.3) is 76.5 Å². The molecular formula is C48H31NO. The third kappa shape index (κ3) is 4.65. The summed E-state index contributed by atoms with van der Waals surface area (Å²) in [6, 6.07) is 67.5. The number of rotatable bonds is 5. The smallest absolute Gasteiger partial charge is 0.143 e. The molecule has 0 radical (unpaired) electrons. The zero-order chi connectivity index (χ0) is 33.0. The lowest BCUT2D eigenvalue weighted by atomic mass is 9.97. The van der Waals surface area contributed by atoms with E-state index >= 15 is 0 Å². The Bertz CT molecular complexity index is 2860. The number of anilines is 3. The largest absolute Gasteiger partial charge is 0.455 e. The van der Waals surface area contributed by atoms with Gasteiger partial charge in [-0.2, -0.15) is 0 Å². The molecule has 0 bridgehead atoms. The fraction of sp³-hybridized carbons (Fsp3) is 0. The summed E-state index contributed by atoms with van der Waals surface area (Å²) in [6.07, 6.45) is 0. The topological polar surface area (TPSA) is 16.4 Å². The van der Waals surface area contributed by atoms with Crippen molar-refractivity contribution in [2.24, 2.45) is 0 Å². The van der Waals surface area contributed by atoms with Gasteiger partial charge >= 0.3 is 0 Å². The molecule has 2 heteroatoms. The van der Waals surface area contributed by atoms with E-state index in [-0.39, 0.29) is 0 Å². The van der Waals surface area contributed by atoms with Gasteiger partial charge < -0.3 is 9.32 Å². The highest BCUT2D eigenvalue weighted by Gasteiger charge is 2.17. The number of hydrogen-bond donors (Lipinski definition) is 0. The summed E-state index contributed by atoms with van der Waals surface area (Å²) >= 11 is 0. The maximum Gasteiger partial charge on any atom is 0.143 e. The number of para-hydroxylation sites is 2. The molecule has 1 aromatic heterocycles. The van der Waals surface area contributed by atoms with E-state index in [0.717, 1.165) is 50.1 Å². The summed E-state index contributed by atoms with van der Waals surface area (Å²) in [5.74, 6) is 0. The Balaban J connectivity index is 1.06. The number of nitrogens with zero attached hydrogens (tertiary/aromatic N) is 1. The van der Waals surface area contributed by atoms with Gasteiger partial charge in [-0.3, -0.25) is 0 Å². The molecule has 0 N–H and O–H groups in total. The Labute approximate surface area is 290 Å². The molecule has 0 unspecified atom stereocenters. The first-order valence-corrected chi connectivity index (χ1v) is 17.1. The van der Waals surface area contributed by atoms with Crippen LogP contribution in [-0.4, -0.2) is 0 Å². The van der Waals surface area contributed by atoms with Crippen molar-refractivity contribution in [3.63, 3.8) is 0 Å². The second-order valence-electron chi connectivity index (χ2n) is 12.9. The molecule has 0 atom stereocenters. The molecule has 10 aromatic rings. The molecule has 2 nitrogen and oxygen atoms in total. The zero-order valence-corrected chi connectivity index (χ0v) is 27.3. The normalized spacial score (nSPS) is 11.6. The Morgan fingerprint density at radius 2 is 0.900 bits per heavy atom. The van der Waals surface area contributed by atoms with Gasteiger partial charge in [0.05, 0.1) is 5.69 Å². The van der Waals surface area contributed by atoms with Crippen LogP contribution >= 0.6 is 0 Å². The van der Waals surface area contributed by atoms with Gasteiger partial charge in [0.2, 0.25) is 0 Å². The Morgan fingerprint density at radius 1 is 0.340 bits per heavy atom. The molecule has 0 saturated heterocycles. The van der Waals surface area contributed by atoms with E-state index in [2.05, 4.69) is 181 Å². The van der Waals surface area contributed by atoms with Crippen molar-refractivity contribution in [3.8, 4) is 22.3 Å². The van der Waals surface area contributed by atoms with E-state index in [4.69, 9.17) is 4.42 Å². The number of furan rings is 1. The lowest BCUT2D eigenvalue weighted by Crippen LogP contribution is -2.10. The van der Waals surface area contributed by atoms with Crippen LogP contribution in [0.1, 0.15) is 0 Å². The number of benzene rings is 9. The second-order valence-corrected chi connectivity index (χ2v) is 12.9. The summed E-state index contributed by atoms with van der Waals surface area (Å²) in [6.45, 7) is 0.